The molecule has 0 unspecified atom stereocenters. The summed E-state index contributed by atoms with van der Waals surface area (Å²) < 4.78 is 5.59. The highest BCUT2D eigenvalue weighted by molar-refractivity contribution is 5.42. The maximum atomic E-state index is 8.89. The van der Waals surface area contributed by atoms with Crippen molar-refractivity contribution in [2.45, 2.75) is 13.5 Å². The molecule has 0 aromatic heterocycles. The predicted octanol–water partition coefficient (Wildman–Crippen LogP) is 4.33. The predicted molar refractivity (Wildman–Crippen MR) is 77.8 cm³/mol. The molecule has 0 aliphatic heterocycles. The quantitative estimate of drug-likeness (QED) is 0.761. The monoisotopic (exact) mass is 251 g/mol. The molecule has 0 radical (unpaired) electrons. The van der Waals surface area contributed by atoms with Crippen molar-refractivity contribution in [2.75, 3.05) is 0 Å². The highest BCUT2D eigenvalue weighted by Gasteiger charge is 2.01. The Balaban J connectivity index is 0.000000550. The van der Waals surface area contributed by atoms with E-state index in [0.717, 1.165) is 5.56 Å². The third-order valence-electron chi connectivity index (χ3n) is 2.24. The first-order valence-electron chi connectivity index (χ1n) is 6.04. The van der Waals surface area contributed by atoms with Gasteiger partial charge >= 0.3 is 0 Å². The van der Waals surface area contributed by atoms with E-state index in [9.17, 15) is 0 Å². The lowest BCUT2D eigenvalue weighted by Gasteiger charge is -2.07. The fourth-order valence-electron chi connectivity index (χ4n) is 1.42. The Morgan fingerprint density at radius 3 is 2.32 bits per heavy atom. The molecular weight excluding hydrogens is 234 g/mol. The van der Waals surface area contributed by atoms with E-state index in [1.165, 1.54) is 0 Å². The SMILES string of the molecule is C=CC.N#Cc1ccccc1OCc1ccccc1. The van der Waals surface area contributed by atoms with Gasteiger partial charge in [0.1, 0.15) is 18.4 Å². The van der Waals surface area contributed by atoms with Crippen LogP contribution in [0.2, 0.25) is 0 Å². The van der Waals surface area contributed by atoms with E-state index in [1.807, 2.05) is 55.5 Å². The van der Waals surface area contributed by atoms with Crippen molar-refractivity contribution in [3.8, 4) is 11.8 Å². The van der Waals surface area contributed by atoms with Crippen LogP contribution < -0.4 is 4.74 Å². The number of hydrogen-bond donors (Lipinski definition) is 0. The van der Waals surface area contributed by atoms with Crippen LogP contribution in [0.3, 0.4) is 0 Å². The van der Waals surface area contributed by atoms with Gasteiger partial charge in [-0.2, -0.15) is 5.26 Å². The summed E-state index contributed by atoms with van der Waals surface area (Å²) in [6, 6.07) is 19.2. The lowest BCUT2D eigenvalue weighted by atomic mass is 10.2. The van der Waals surface area contributed by atoms with Gasteiger partial charge in [0.05, 0.1) is 5.56 Å². The van der Waals surface area contributed by atoms with Gasteiger partial charge in [-0.1, -0.05) is 48.5 Å². The van der Waals surface area contributed by atoms with Crippen LogP contribution in [0.15, 0.2) is 67.3 Å². The number of hydrogen-bond acceptors (Lipinski definition) is 2. The number of para-hydroxylation sites is 1. The zero-order chi connectivity index (χ0) is 13.9. The minimum atomic E-state index is 0.486. The van der Waals surface area contributed by atoms with Crippen molar-refractivity contribution in [2.24, 2.45) is 0 Å². The molecule has 0 fully saturated rings. The van der Waals surface area contributed by atoms with Gasteiger partial charge in [0, 0.05) is 0 Å². The van der Waals surface area contributed by atoms with Crippen molar-refractivity contribution < 1.29 is 4.74 Å². The molecule has 0 spiro atoms. The van der Waals surface area contributed by atoms with Gasteiger partial charge in [-0.25, -0.2) is 0 Å². The average molecular weight is 251 g/mol. The van der Waals surface area contributed by atoms with Gasteiger partial charge in [0.2, 0.25) is 0 Å². The van der Waals surface area contributed by atoms with Crippen LogP contribution in [-0.2, 0) is 6.61 Å². The smallest absolute Gasteiger partial charge is 0.137 e. The number of ether oxygens (including phenoxy) is 1. The Labute approximate surface area is 114 Å². The van der Waals surface area contributed by atoms with E-state index in [-0.39, 0.29) is 0 Å². The van der Waals surface area contributed by atoms with Crippen molar-refractivity contribution in [1.29, 1.82) is 5.26 Å². The Bertz CT molecular complexity index is 541. The number of allylic oxidation sites excluding steroid dienone is 1. The summed E-state index contributed by atoms with van der Waals surface area (Å²) in [5, 5.41) is 8.89. The molecule has 0 saturated heterocycles. The molecule has 96 valence electrons. The molecule has 2 heteroatoms. The molecule has 2 aromatic carbocycles. The summed E-state index contributed by atoms with van der Waals surface area (Å²) in [6.07, 6.45) is 1.75. The lowest BCUT2D eigenvalue weighted by Crippen LogP contribution is -1.96. The summed E-state index contributed by atoms with van der Waals surface area (Å²) in [6.45, 7) is 5.74. The van der Waals surface area contributed by atoms with Crippen LogP contribution in [0.4, 0.5) is 0 Å². The highest BCUT2D eigenvalue weighted by atomic mass is 16.5. The van der Waals surface area contributed by atoms with Crippen molar-refractivity contribution in [3.05, 3.63) is 78.4 Å². The van der Waals surface area contributed by atoms with Gasteiger partial charge in [0.25, 0.3) is 0 Å². The van der Waals surface area contributed by atoms with Crippen molar-refractivity contribution in [1.82, 2.24) is 0 Å². The first kappa shape index (κ1) is 14.5. The van der Waals surface area contributed by atoms with Crippen molar-refractivity contribution >= 4 is 0 Å². The zero-order valence-corrected chi connectivity index (χ0v) is 11.0. The molecule has 0 atom stereocenters. The number of nitrogens with zero attached hydrogens (tertiary/aromatic N) is 1. The second-order valence-electron chi connectivity index (χ2n) is 3.79. The van der Waals surface area contributed by atoms with Crippen LogP contribution in [0.25, 0.3) is 0 Å². The molecule has 0 heterocycles. The summed E-state index contributed by atoms with van der Waals surface area (Å²) in [5.74, 6) is 0.633. The Hall–Kier alpha value is -2.53. The second kappa shape index (κ2) is 8.54. The molecule has 0 N–H and O–H groups in total. The molecule has 2 nitrogen and oxygen atoms in total. The Morgan fingerprint density at radius 1 is 1.11 bits per heavy atom. The van der Waals surface area contributed by atoms with Crippen molar-refractivity contribution in [3.63, 3.8) is 0 Å². The standard InChI is InChI=1S/C14H11NO.C3H6/c15-10-13-8-4-5-9-14(13)16-11-12-6-2-1-3-7-12;1-3-2/h1-9H,11H2;3H,1H2,2H3. The molecule has 19 heavy (non-hydrogen) atoms. The minimum absolute atomic E-state index is 0.486. The molecular formula is C17H17NO. The summed E-state index contributed by atoms with van der Waals surface area (Å²) in [4.78, 5) is 0. The summed E-state index contributed by atoms with van der Waals surface area (Å²) in [5.41, 5.74) is 1.66. The summed E-state index contributed by atoms with van der Waals surface area (Å²) >= 11 is 0. The average Bonchev–Trinajstić information content (AvgIpc) is 2.47. The first-order valence-corrected chi connectivity index (χ1v) is 6.04. The van der Waals surface area contributed by atoms with Gasteiger partial charge < -0.3 is 4.74 Å². The molecule has 0 aliphatic rings. The van der Waals surface area contributed by atoms with E-state index in [1.54, 1.807) is 12.1 Å². The molecule has 0 aliphatic carbocycles. The van der Waals surface area contributed by atoms with E-state index < -0.39 is 0 Å². The maximum absolute atomic E-state index is 8.89. The largest absolute Gasteiger partial charge is 0.488 e. The number of rotatable bonds is 3. The van der Waals surface area contributed by atoms with Gasteiger partial charge in [-0.3, -0.25) is 0 Å². The number of nitriles is 1. The molecule has 2 aromatic rings. The fraction of sp³-hybridized carbons (Fsp3) is 0.118. The fourth-order valence-corrected chi connectivity index (χ4v) is 1.42. The van der Waals surface area contributed by atoms with E-state index in [0.29, 0.717) is 17.9 Å². The third kappa shape index (κ3) is 5.10. The first-order chi connectivity index (χ1) is 9.31. The second-order valence-corrected chi connectivity index (χ2v) is 3.79. The van der Waals surface area contributed by atoms with Gasteiger partial charge in [-0.05, 0) is 24.6 Å². The highest BCUT2D eigenvalue weighted by Crippen LogP contribution is 2.17. The van der Waals surface area contributed by atoms with Gasteiger partial charge in [-0.15, -0.1) is 6.58 Å². The Morgan fingerprint density at radius 2 is 1.68 bits per heavy atom. The van der Waals surface area contributed by atoms with Crippen LogP contribution in [-0.4, -0.2) is 0 Å². The normalized spacial score (nSPS) is 8.63. The molecule has 0 bridgehead atoms. The third-order valence-corrected chi connectivity index (χ3v) is 2.24. The summed E-state index contributed by atoms with van der Waals surface area (Å²) in [7, 11) is 0. The maximum Gasteiger partial charge on any atom is 0.137 e. The topological polar surface area (TPSA) is 33.0 Å². The van der Waals surface area contributed by atoms with E-state index >= 15 is 0 Å². The number of benzene rings is 2. The molecule has 0 saturated carbocycles. The van der Waals surface area contributed by atoms with Crippen LogP contribution in [0.5, 0.6) is 5.75 Å². The molecule has 2 rings (SSSR count). The zero-order valence-electron chi connectivity index (χ0n) is 11.0. The Kier molecular flexibility index (Phi) is 6.53. The lowest BCUT2D eigenvalue weighted by molar-refractivity contribution is 0.305. The minimum Gasteiger partial charge on any atom is -0.488 e. The van der Waals surface area contributed by atoms with E-state index in [4.69, 9.17) is 10.00 Å². The van der Waals surface area contributed by atoms with Crippen LogP contribution in [0, 0.1) is 11.3 Å². The van der Waals surface area contributed by atoms with Crippen LogP contribution in [0.1, 0.15) is 18.1 Å². The molecule has 0 amide bonds. The van der Waals surface area contributed by atoms with Crippen LogP contribution >= 0.6 is 0 Å². The van der Waals surface area contributed by atoms with E-state index in [2.05, 4.69) is 12.6 Å². The van der Waals surface area contributed by atoms with Gasteiger partial charge in [0.15, 0.2) is 0 Å².